The third-order valence-electron chi connectivity index (χ3n) is 4.68. The van der Waals surface area contributed by atoms with Gasteiger partial charge in [-0.3, -0.25) is 0 Å². The van der Waals surface area contributed by atoms with E-state index in [9.17, 15) is 16.8 Å². The lowest BCUT2D eigenvalue weighted by molar-refractivity contribution is 0.239. The maximum Gasteiger partial charge on any atom is 0.246 e. The molecular formula is C16H22N4O4S2. The van der Waals surface area contributed by atoms with Crippen molar-refractivity contribution in [3.05, 3.63) is 42.7 Å². The monoisotopic (exact) mass is 398 g/mol. The molecule has 1 aliphatic heterocycles. The zero-order valence-electron chi connectivity index (χ0n) is 14.7. The molecule has 10 heteroatoms. The fourth-order valence-electron chi connectivity index (χ4n) is 3.03. The third kappa shape index (κ3) is 3.83. The Morgan fingerprint density at radius 3 is 2.27 bits per heavy atom. The van der Waals surface area contributed by atoms with Gasteiger partial charge in [0.2, 0.25) is 20.0 Å². The van der Waals surface area contributed by atoms with Crippen molar-refractivity contribution in [3.63, 3.8) is 0 Å². The molecular weight excluding hydrogens is 376 g/mol. The summed E-state index contributed by atoms with van der Waals surface area (Å²) in [5.41, 5.74) is 0.780. The number of hydrogen-bond donors (Lipinski definition) is 0. The first kappa shape index (κ1) is 19.0. The molecule has 2 heterocycles. The Balaban J connectivity index is 1.73. The van der Waals surface area contributed by atoms with Crippen molar-refractivity contribution in [2.75, 3.05) is 26.4 Å². The van der Waals surface area contributed by atoms with Gasteiger partial charge >= 0.3 is 0 Å². The van der Waals surface area contributed by atoms with Gasteiger partial charge in [-0.2, -0.15) is 9.40 Å². The molecule has 0 bridgehead atoms. The molecule has 2 aromatic rings. The lowest BCUT2D eigenvalue weighted by Crippen LogP contribution is -2.46. The maximum atomic E-state index is 12.8. The molecule has 3 rings (SSSR count). The van der Waals surface area contributed by atoms with Crippen molar-refractivity contribution in [1.82, 2.24) is 18.4 Å². The summed E-state index contributed by atoms with van der Waals surface area (Å²) in [6.45, 7) is 0.562. The SMILES string of the molecule is CN(C1CCN(S(=O)(=O)c2cnn(-c3ccccc3)c2)CC1)S(C)(=O)=O. The highest BCUT2D eigenvalue weighted by Gasteiger charge is 2.33. The summed E-state index contributed by atoms with van der Waals surface area (Å²) in [6, 6.07) is 9.10. The molecule has 8 nitrogen and oxygen atoms in total. The molecule has 0 unspecified atom stereocenters. The fraction of sp³-hybridized carbons (Fsp3) is 0.438. The molecule has 0 radical (unpaired) electrons. The zero-order valence-corrected chi connectivity index (χ0v) is 16.3. The van der Waals surface area contributed by atoms with Crippen LogP contribution < -0.4 is 0 Å². The number of nitrogens with zero attached hydrogens (tertiary/aromatic N) is 4. The minimum atomic E-state index is -3.65. The Morgan fingerprint density at radius 2 is 1.69 bits per heavy atom. The molecule has 26 heavy (non-hydrogen) atoms. The summed E-state index contributed by atoms with van der Waals surface area (Å²) in [6.07, 6.45) is 4.94. The van der Waals surface area contributed by atoms with Gasteiger partial charge in [0.15, 0.2) is 0 Å². The smallest absolute Gasteiger partial charge is 0.240 e. The van der Waals surface area contributed by atoms with Crippen LogP contribution in [0.1, 0.15) is 12.8 Å². The molecule has 0 spiro atoms. The van der Waals surface area contributed by atoms with Crippen molar-refractivity contribution in [2.24, 2.45) is 0 Å². The van der Waals surface area contributed by atoms with E-state index in [4.69, 9.17) is 0 Å². The van der Waals surface area contributed by atoms with E-state index in [-0.39, 0.29) is 24.0 Å². The van der Waals surface area contributed by atoms with Gasteiger partial charge < -0.3 is 0 Å². The Kier molecular flexibility index (Phi) is 5.20. The van der Waals surface area contributed by atoms with Crippen molar-refractivity contribution >= 4 is 20.0 Å². The van der Waals surface area contributed by atoms with E-state index in [1.807, 2.05) is 30.3 Å². The van der Waals surface area contributed by atoms with E-state index in [1.165, 1.54) is 32.7 Å². The number of aromatic nitrogens is 2. The van der Waals surface area contributed by atoms with E-state index in [0.29, 0.717) is 12.8 Å². The van der Waals surface area contributed by atoms with Crippen LogP contribution in [0.4, 0.5) is 0 Å². The van der Waals surface area contributed by atoms with Gasteiger partial charge in [0.1, 0.15) is 4.90 Å². The molecule has 1 aromatic heterocycles. The van der Waals surface area contributed by atoms with E-state index < -0.39 is 20.0 Å². The summed E-state index contributed by atoms with van der Waals surface area (Å²) in [5.74, 6) is 0. The highest BCUT2D eigenvalue weighted by molar-refractivity contribution is 7.89. The molecule has 0 amide bonds. The van der Waals surface area contributed by atoms with Gasteiger partial charge in [0, 0.05) is 26.2 Å². The normalized spacial score (nSPS) is 17.7. The predicted molar refractivity (Wildman–Crippen MR) is 98.0 cm³/mol. The zero-order chi connectivity index (χ0) is 18.9. The standard InChI is InChI=1S/C16H22N4O4S2/c1-18(25(2,21)22)14-8-10-19(11-9-14)26(23,24)16-12-17-20(13-16)15-6-4-3-5-7-15/h3-7,12-14H,8-11H2,1-2H3. The second-order valence-corrected chi connectivity index (χ2v) is 10.4. The fourth-order valence-corrected chi connectivity index (χ4v) is 5.18. The Labute approximate surface area is 154 Å². The van der Waals surface area contributed by atoms with Gasteiger partial charge in [-0.25, -0.2) is 25.8 Å². The second-order valence-electron chi connectivity index (χ2n) is 6.37. The van der Waals surface area contributed by atoms with Gasteiger partial charge in [-0.15, -0.1) is 0 Å². The first-order chi connectivity index (χ1) is 12.2. The lowest BCUT2D eigenvalue weighted by atomic mass is 10.1. The average molecular weight is 399 g/mol. The number of piperidine rings is 1. The van der Waals surface area contributed by atoms with Crippen molar-refractivity contribution in [1.29, 1.82) is 0 Å². The number of rotatable bonds is 5. The van der Waals surface area contributed by atoms with Gasteiger partial charge in [0.25, 0.3) is 0 Å². The molecule has 142 valence electrons. The number of para-hydroxylation sites is 1. The van der Waals surface area contributed by atoms with Crippen LogP contribution >= 0.6 is 0 Å². The summed E-state index contributed by atoms with van der Waals surface area (Å²) in [4.78, 5) is 0.135. The van der Waals surface area contributed by atoms with E-state index in [1.54, 1.807) is 0 Å². The van der Waals surface area contributed by atoms with Crippen molar-refractivity contribution in [3.8, 4) is 5.69 Å². The second kappa shape index (κ2) is 7.10. The largest absolute Gasteiger partial charge is 0.246 e. The summed E-state index contributed by atoms with van der Waals surface area (Å²) >= 11 is 0. The molecule has 0 atom stereocenters. The van der Waals surface area contributed by atoms with Crippen LogP contribution in [0, 0.1) is 0 Å². The Morgan fingerprint density at radius 1 is 1.08 bits per heavy atom. The van der Waals surface area contributed by atoms with E-state index in [0.717, 1.165) is 11.9 Å². The molecule has 0 saturated carbocycles. The number of benzene rings is 1. The highest BCUT2D eigenvalue weighted by atomic mass is 32.2. The van der Waals surface area contributed by atoms with Crippen LogP contribution in [-0.2, 0) is 20.0 Å². The van der Waals surface area contributed by atoms with E-state index >= 15 is 0 Å². The van der Waals surface area contributed by atoms with Crippen LogP contribution in [-0.4, -0.2) is 67.7 Å². The summed E-state index contributed by atoms with van der Waals surface area (Å²) in [7, 11) is -5.40. The summed E-state index contributed by atoms with van der Waals surface area (Å²) in [5, 5.41) is 4.15. The average Bonchev–Trinajstić information content (AvgIpc) is 3.12. The molecule has 1 aliphatic rings. The minimum Gasteiger partial charge on any atom is -0.240 e. The molecule has 0 aliphatic carbocycles. The third-order valence-corrected chi connectivity index (χ3v) is 7.87. The highest BCUT2D eigenvalue weighted by Crippen LogP contribution is 2.24. The molecule has 1 saturated heterocycles. The first-order valence-corrected chi connectivity index (χ1v) is 11.5. The van der Waals surface area contributed by atoms with Crippen molar-refractivity contribution < 1.29 is 16.8 Å². The van der Waals surface area contributed by atoms with Crippen LogP contribution in [0.25, 0.3) is 5.69 Å². The van der Waals surface area contributed by atoms with Gasteiger partial charge in [0.05, 0.1) is 24.3 Å². The lowest BCUT2D eigenvalue weighted by Gasteiger charge is -2.34. The Hall–Kier alpha value is -1.75. The van der Waals surface area contributed by atoms with Crippen LogP contribution in [0.3, 0.4) is 0 Å². The minimum absolute atomic E-state index is 0.135. The quantitative estimate of drug-likeness (QED) is 0.747. The number of sulfonamides is 2. The van der Waals surface area contributed by atoms with Crippen molar-refractivity contribution in [2.45, 2.75) is 23.8 Å². The van der Waals surface area contributed by atoms with Gasteiger partial charge in [-0.05, 0) is 25.0 Å². The molecule has 1 fully saturated rings. The van der Waals surface area contributed by atoms with E-state index in [2.05, 4.69) is 5.10 Å². The Bertz CT molecular complexity index is 963. The predicted octanol–water partition coefficient (Wildman–Crippen LogP) is 0.917. The first-order valence-electron chi connectivity index (χ1n) is 8.23. The van der Waals surface area contributed by atoms with Crippen LogP contribution in [0.5, 0.6) is 0 Å². The molecule has 1 aromatic carbocycles. The molecule has 0 N–H and O–H groups in total. The summed E-state index contributed by atoms with van der Waals surface area (Å²) < 4.78 is 53.2. The van der Waals surface area contributed by atoms with Gasteiger partial charge in [-0.1, -0.05) is 18.2 Å². The topological polar surface area (TPSA) is 92.6 Å². The maximum absolute atomic E-state index is 12.8. The van der Waals surface area contributed by atoms with Crippen LogP contribution in [0.15, 0.2) is 47.6 Å². The van der Waals surface area contributed by atoms with Crippen LogP contribution in [0.2, 0.25) is 0 Å². The number of hydrogen-bond acceptors (Lipinski definition) is 5.